The highest BCUT2D eigenvalue weighted by molar-refractivity contribution is 5.02. The Labute approximate surface area is 115 Å². The number of ether oxygens (including phenoxy) is 1. The Bertz CT molecular complexity index is 431. The van der Waals surface area contributed by atoms with Crippen LogP contribution in [0.3, 0.4) is 0 Å². The van der Waals surface area contributed by atoms with Gasteiger partial charge in [0.1, 0.15) is 0 Å². The van der Waals surface area contributed by atoms with Crippen LogP contribution in [-0.4, -0.2) is 41.0 Å². The molecule has 1 aromatic heterocycles. The number of piperidine rings is 1. The summed E-state index contributed by atoms with van der Waals surface area (Å²) in [6.45, 7) is 3.37. The van der Waals surface area contributed by atoms with Gasteiger partial charge in [0.05, 0.1) is 11.8 Å². The van der Waals surface area contributed by atoms with Crippen molar-refractivity contribution in [3.05, 3.63) is 18.0 Å². The number of hydrogen-bond donors (Lipinski definition) is 0. The summed E-state index contributed by atoms with van der Waals surface area (Å²) in [6, 6.07) is 2.13. The van der Waals surface area contributed by atoms with E-state index in [1.165, 1.54) is 50.9 Å². The number of likely N-dealkylation sites (tertiary alicyclic amines) is 1. The first kappa shape index (κ1) is 13.1. The van der Waals surface area contributed by atoms with Crippen molar-refractivity contribution in [3.63, 3.8) is 0 Å². The third-order valence-corrected chi connectivity index (χ3v) is 4.95. The highest BCUT2D eigenvalue weighted by Gasteiger charge is 2.45. The van der Waals surface area contributed by atoms with E-state index in [4.69, 9.17) is 4.74 Å². The highest BCUT2D eigenvalue weighted by Crippen LogP contribution is 2.46. The summed E-state index contributed by atoms with van der Waals surface area (Å²) >= 11 is 0. The number of nitrogens with zero attached hydrogens (tertiary/aromatic N) is 3. The zero-order valence-electron chi connectivity index (χ0n) is 12.1. The largest absolute Gasteiger partial charge is 0.381 e. The van der Waals surface area contributed by atoms with Gasteiger partial charge in [-0.25, -0.2) is 0 Å². The summed E-state index contributed by atoms with van der Waals surface area (Å²) in [7, 11) is 3.87. The number of hydrogen-bond acceptors (Lipinski definition) is 3. The standard InChI is InChI=1S/C15H25N3O/c1-17-10-6-13(16-17)11-18-9-4-8-15(12-18)7-3-5-14(15)19-2/h6,10,14H,3-5,7-9,11-12H2,1-2H3/t14-,15-/m1/s1. The number of methoxy groups -OCH3 is 1. The number of aromatic nitrogens is 2. The van der Waals surface area contributed by atoms with Crippen molar-refractivity contribution in [1.29, 1.82) is 0 Å². The summed E-state index contributed by atoms with van der Waals surface area (Å²) in [5.74, 6) is 0. The van der Waals surface area contributed by atoms with Gasteiger partial charge < -0.3 is 4.74 Å². The van der Waals surface area contributed by atoms with Gasteiger partial charge in [0.2, 0.25) is 0 Å². The summed E-state index contributed by atoms with van der Waals surface area (Å²) in [5.41, 5.74) is 1.61. The van der Waals surface area contributed by atoms with Crippen LogP contribution < -0.4 is 0 Å². The molecule has 3 rings (SSSR count). The van der Waals surface area contributed by atoms with E-state index in [2.05, 4.69) is 16.1 Å². The molecule has 1 aromatic rings. The van der Waals surface area contributed by atoms with E-state index in [9.17, 15) is 0 Å². The summed E-state index contributed by atoms with van der Waals surface area (Å²) < 4.78 is 7.65. The quantitative estimate of drug-likeness (QED) is 0.837. The molecule has 1 spiro atoms. The van der Waals surface area contributed by atoms with E-state index in [0.29, 0.717) is 11.5 Å². The van der Waals surface area contributed by atoms with Gasteiger partial charge in [-0.05, 0) is 38.3 Å². The normalized spacial score (nSPS) is 32.2. The molecule has 0 radical (unpaired) electrons. The molecule has 106 valence electrons. The Morgan fingerprint density at radius 1 is 1.42 bits per heavy atom. The number of aryl methyl sites for hydroxylation is 1. The smallest absolute Gasteiger partial charge is 0.0764 e. The lowest BCUT2D eigenvalue weighted by atomic mass is 9.76. The molecule has 0 amide bonds. The van der Waals surface area contributed by atoms with Crippen LogP contribution in [0.2, 0.25) is 0 Å². The van der Waals surface area contributed by atoms with Gasteiger partial charge in [0.15, 0.2) is 0 Å². The third-order valence-electron chi connectivity index (χ3n) is 4.95. The van der Waals surface area contributed by atoms with Gasteiger partial charge in [0, 0.05) is 38.9 Å². The first-order chi connectivity index (χ1) is 9.22. The van der Waals surface area contributed by atoms with Gasteiger partial charge in [-0.1, -0.05) is 6.42 Å². The second-order valence-corrected chi connectivity index (χ2v) is 6.27. The number of rotatable bonds is 3. The monoisotopic (exact) mass is 263 g/mol. The predicted octanol–water partition coefficient (Wildman–Crippen LogP) is 2.20. The molecule has 4 nitrogen and oxygen atoms in total. The van der Waals surface area contributed by atoms with E-state index in [-0.39, 0.29) is 0 Å². The van der Waals surface area contributed by atoms with Crippen LogP contribution >= 0.6 is 0 Å². The van der Waals surface area contributed by atoms with Crippen molar-refractivity contribution in [1.82, 2.24) is 14.7 Å². The molecule has 1 saturated heterocycles. The Balaban J connectivity index is 1.67. The second kappa shape index (κ2) is 5.25. The molecule has 0 aromatic carbocycles. The van der Waals surface area contributed by atoms with E-state index in [1.807, 2.05) is 25.0 Å². The van der Waals surface area contributed by atoms with Crippen molar-refractivity contribution in [2.45, 2.75) is 44.8 Å². The van der Waals surface area contributed by atoms with Crippen LogP contribution in [0.5, 0.6) is 0 Å². The molecular weight excluding hydrogens is 238 g/mol. The minimum absolute atomic E-state index is 0.418. The zero-order valence-corrected chi connectivity index (χ0v) is 12.1. The van der Waals surface area contributed by atoms with Crippen LogP contribution in [0.4, 0.5) is 0 Å². The molecule has 4 heteroatoms. The molecule has 2 heterocycles. The third kappa shape index (κ3) is 2.56. The Morgan fingerprint density at radius 3 is 3.00 bits per heavy atom. The summed E-state index contributed by atoms with van der Waals surface area (Å²) in [5, 5.41) is 4.50. The van der Waals surface area contributed by atoms with Crippen LogP contribution in [-0.2, 0) is 18.3 Å². The van der Waals surface area contributed by atoms with Crippen LogP contribution in [0, 0.1) is 5.41 Å². The topological polar surface area (TPSA) is 30.3 Å². The molecule has 2 atom stereocenters. The average molecular weight is 263 g/mol. The first-order valence-electron chi connectivity index (χ1n) is 7.45. The second-order valence-electron chi connectivity index (χ2n) is 6.27. The molecule has 2 fully saturated rings. The molecule has 2 aliphatic rings. The van der Waals surface area contributed by atoms with E-state index >= 15 is 0 Å². The van der Waals surface area contributed by atoms with Gasteiger partial charge in [-0.2, -0.15) is 5.10 Å². The molecule has 19 heavy (non-hydrogen) atoms. The van der Waals surface area contributed by atoms with Crippen molar-refractivity contribution >= 4 is 0 Å². The lowest BCUT2D eigenvalue weighted by Gasteiger charge is -2.43. The zero-order chi connectivity index (χ0) is 13.3. The van der Waals surface area contributed by atoms with E-state index < -0.39 is 0 Å². The predicted molar refractivity (Wildman–Crippen MR) is 74.8 cm³/mol. The molecule has 0 unspecified atom stereocenters. The maximum atomic E-state index is 5.76. The van der Waals surface area contributed by atoms with Crippen molar-refractivity contribution < 1.29 is 4.74 Å². The maximum absolute atomic E-state index is 5.76. The Kier molecular flexibility index (Phi) is 3.63. The Hall–Kier alpha value is -0.870. The highest BCUT2D eigenvalue weighted by atomic mass is 16.5. The van der Waals surface area contributed by atoms with Gasteiger partial charge in [0.25, 0.3) is 0 Å². The van der Waals surface area contributed by atoms with E-state index in [0.717, 1.165) is 6.54 Å². The lowest BCUT2D eigenvalue weighted by Crippen LogP contribution is -2.47. The van der Waals surface area contributed by atoms with Crippen LogP contribution in [0.15, 0.2) is 12.3 Å². The Morgan fingerprint density at radius 2 is 2.26 bits per heavy atom. The molecule has 0 bridgehead atoms. The van der Waals surface area contributed by atoms with Crippen LogP contribution in [0.25, 0.3) is 0 Å². The lowest BCUT2D eigenvalue weighted by molar-refractivity contribution is -0.0368. The minimum Gasteiger partial charge on any atom is -0.381 e. The maximum Gasteiger partial charge on any atom is 0.0764 e. The molecular formula is C15H25N3O. The molecule has 1 aliphatic heterocycles. The van der Waals surface area contributed by atoms with Gasteiger partial charge >= 0.3 is 0 Å². The van der Waals surface area contributed by atoms with Gasteiger partial charge in [-0.3, -0.25) is 9.58 Å². The van der Waals surface area contributed by atoms with Crippen LogP contribution in [0.1, 0.15) is 37.8 Å². The van der Waals surface area contributed by atoms with E-state index in [1.54, 1.807) is 0 Å². The minimum atomic E-state index is 0.418. The summed E-state index contributed by atoms with van der Waals surface area (Å²) in [6.07, 6.45) is 9.05. The van der Waals surface area contributed by atoms with Crippen molar-refractivity contribution in [2.75, 3.05) is 20.2 Å². The fraction of sp³-hybridized carbons (Fsp3) is 0.800. The molecule has 1 aliphatic carbocycles. The van der Waals surface area contributed by atoms with Crippen molar-refractivity contribution in [3.8, 4) is 0 Å². The average Bonchev–Trinajstić information content (AvgIpc) is 2.96. The van der Waals surface area contributed by atoms with Crippen molar-refractivity contribution in [2.24, 2.45) is 12.5 Å². The first-order valence-corrected chi connectivity index (χ1v) is 7.45. The SMILES string of the molecule is CO[C@@H]1CCC[C@]12CCCN(Cc1ccn(C)n1)C2. The molecule has 1 saturated carbocycles. The summed E-state index contributed by atoms with van der Waals surface area (Å²) in [4.78, 5) is 2.57. The fourth-order valence-corrected chi connectivity index (χ4v) is 4.11. The van der Waals surface area contributed by atoms with Gasteiger partial charge in [-0.15, -0.1) is 0 Å². The molecule has 0 N–H and O–H groups in total. The fourth-order valence-electron chi connectivity index (χ4n) is 4.11.